The molecular formula is C11H15N3O2. The first-order chi connectivity index (χ1) is 7.72. The van der Waals surface area contributed by atoms with Gasteiger partial charge in [0.05, 0.1) is 6.61 Å². The average Bonchev–Trinajstić information content (AvgIpc) is 2.28. The van der Waals surface area contributed by atoms with Crippen LogP contribution in [0.4, 0.5) is 5.69 Å². The van der Waals surface area contributed by atoms with Crippen LogP contribution < -0.4 is 11.1 Å². The number of esters is 1. The quantitative estimate of drug-likeness (QED) is 0.451. The number of carbonyl (C=O) groups excluding carboxylic acids is 1. The van der Waals surface area contributed by atoms with E-state index in [-0.39, 0.29) is 18.5 Å². The Morgan fingerprint density at radius 1 is 1.44 bits per heavy atom. The molecule has 0 aliphatic rings. The van der Waals surface area contributed by atoms with Crippen molar-refractivity contribution in [2.24, 2.45) is 10.7 Å². The van der Waals surface area contributed by atoms with Gasteiger partial charge in [-0.1, -0.05) is 18.2 Å². The van der Waals surface area contributed by atoms with E-state index in [9.17, 15) is 4.79 Å². The van der Waals surface area contributed by atoms with Crippen LogP contribution in [0.1, 0.15) is 6.92 Å². The van der Waals surface area contributed by atoms with Crippen LogP contribution in [-0.2, 0) is 9.53 Å². The maximum Gasteiger partial charge on any atom is 0.327 e. The summed E-state index contributed by atoms with van der Waals surface area (Å²) in [5.41, 5.74) is 6.41. The second-order valence-corrected chi connectivity index (χ2v) is 3.00. The second kappa shape index (κ2) is 6.44. The Balaban J connectivity index is 2.43. The minimum Gasteiger partial charge on any atom is -0.465 e. The van der Waals surface area contributed by atoms with Gasteiger partial charge in [-0.3, -0.25) is 4.79 Å². The van der Waals surface area contributed by atoms with E-state index in [1.165, 1.54) is 0 Å². The summed E-state index contributed by atoms with van der Waals surface area (Å²) >= 11 is 0. The van der Waals surface area contributed by atoms with Gasteiger partial charge in [-0.25, -0.2) is 4.99 Å². The van der Waals surface area contributed by atoms with Gasteiger partial charge in [0.15, 0.2) is 5.96 Å². The average molecular weight is 221 g/mol. The molecule has 1 aromatic rings. The summed E-state index contributed by atoms with van der Waals surface area (Å²) in [5, 5.41) is 2.86. The molecule has 0 unspecified atom stereocenters. The van der Waals surface area contributed by atoms with Gasteiger partial charge in [0.1, 0.15) is 6.54 Å². The van der Waals surface area contributed by atoms with Crippen LogP contribution in [-0.4, -0.2) is 25.1 Å². The van der Waals surface area contributed by atoms with Crippen molar-refractivity contribution in [3.63, 3.8) is 0 Å². The highest BCUT2D eigenvalue weighted by Crippen LogP contribution is 2.03. The van der Waals surface area contributed by atoms with Gasteiger partial charge in [-0.2, -0.15) is 0 Å². The van der Waals surface area contributed by atoms with Crippen molar-refractivity contribution in [1.29, 1.82) is 0 Å². The lowest BCUT2D eigenvalue weighted by atomic mass is 10.3. The Hall–Kier alpha value is -2.04. The molecule has 5 heteroatoms. The number of para-hydroxylation sites is 1. The van der Waals surface area contributed by atoms with Gasteiger partial charge in [0, 0.05) is 5.69 Å². The molecule has 0 fully saturated rings. The van der Waals surface area contributed by atoms with Crippen LogP contribution in [0.15, 0.2) is 35.3 Å². The molecule has 1 aromatic carbocycles. The first-order valence-corrected chi connectivity index (χ1v) is 5.00. The summed E-state index contributed by atoms with van der Waals surface area (Å²) in [6.07, 6.45) is 0. The largest absolute Gasteiger partial charge is 0.465 e. The number of nitrogens with one attached hydrogen (secondary N) is 1. The van der Waals surface area contributed by atoms with E-state index in [4.69, 9.17) is 10.5 Å². The molecule has 1 rings (SSSR count). The highest BCUT2D eigenvalue weighted by atomic mass is 16.5. The number of rotatable bonds is 4. The summed E-state index contributed by atoms with van der Waals surface area (Å²) in [6, 6.07) is 9.36. The first-order valence-electron chi connectivity index (χ1n) is 5.00. The number of benzene rings is 1. The summed E-state index contributed by atoms with van der Waals surface area (Å²) in [5.74, 6) is -0.195. The smallest absolute Gasteiger partial charge is 0.327 e. The fourth-order valence-corrected chi connectivity index (χ4v) is 1.07. The van der Waals surface area contributed by atoms with E-state index in [2.05, 4.69) is 10.3 Å². The van der Waals surface area contributed by atoms with Gasteiger partial charge in [-0.15, -0.1) is 0 Å². The summed E-state index contributed by atoms with van der Waals surface area (Å²) in [6.45, 7) is 2.02. The van der Waals surface area contributed by atoms with Crippen LogP contribution >= 0.6 is 0 Å². The van der Waals surface area contributed by atoms with Gasteiger partial charge in [0.25, 0.3) is 0 Å². The number of guanidine groups is 1. The molecule has 0 bridgehead atoms. The number of nitrogens with two attached hydrogens (primary N) is 1. The molecule has 0 spiro atoms. The molecule has 0 saturated carbocycles. The molecular weight excluding hydrogens is 206 g/mol. The van der Waals surface area contributed by atoms with Crippen molar-refractivity contribution in [2.45, 2.75) is 6.92 Å². The number of aliphatic imine (C=N–C) groups is 1. The lowest BCUT2D eigenvalue weighted by Gasteiger charge is -2.04. The third-order valence-corrected chi connectivity index (χ3v) is 1.73. The van der Waals surface area contributed by atoms with Crippen molar-refractivity contribution < 1.29 is 9.53 Å². The van der Waals surface area contributed by atoms with Crippen molar-refractivity contribution in [3.05, 3.63) is 30.3 Å². The lowest BCUT2D eigenvalue weighted by Crippen LogP contribution is -2.24. The molecule has 0 heterocycles. The Kier molecular flexibility index (Phi) is 4.85. The van der Waals surface area contributed by atoms with Gasteiger partial charge < -0.3 is 15.8 Å². The van der Waals surface area contributed by atoms with Crippen LogP contribution in [0, 0.1) is 0 Å². The van der Waals surface area contributed by atoms with E-state index in [0.29, 0.717) is 6.61 Å². The number of hydrogen-bond donors (Lipinski definition) is 2. The van der Waals surface area contributed by atoms with Crippen LogP contribution in [0.25, 0.3) is 0 Å². The molecule has 0 saturated heterocycles. The Morgan fingerprint density at radius 2 is 2.12 bits per heavy atom. The Morgan fingerprint density at radius 3 is 2.75 bits per heavy atom. The van der Waals surface area contributed by atoms with Gasteiger partial charge in [0.2, 0.25) is 0 Å². The molecule has 0 radical (unpaired) electrons. The van der Waals surface area contributed by atoms with E-state index in [1.54, 1.807) is 6.92 Å². The van der Waals surface area contributed by atoms with Crippen LogP contribution in [0.5, 0.6) is 0 Å². The van der Waals surface area contributed by atoms with Crippen molar-refractivity contribution >= 4 is 17.6 Å². The SMILES string of the molecule is CCOC(=O)CN=C(N)Nc1ccccc1. The fourth-order valence-electron chi connectivity index (χ4n) is 1.07. The molecule has 0 aliphatic carbocycles. The summed E-state index contributed by atoms with van der Waals surface area (Å²) < 4.78 is 4.71. The Bertz CT molecular complexity index is 363. The van der Waals surface area contributed by atoms with Crippen LogP contribution in [0.3, 0.4) is 0 Å². The summed E-state index contributed by atoms with van der Waals surface area (Å²) in [7, 11) is 0. The molecule has 0 amide bonds. The highest BCUT2D eigenvalue weighted by Gasteiger charge is 2.00. The third kappa shape index (κ3) is 4.45. The van der Waals surface area contributed by atoms with E-state index < -0.39 is 0 Å². The maximum atomic E-state index is 11.0. The zero-order valence-electron chi connectivity index (χ0n) is 9.14. The predicted octanol–water partition coefficient (Wildman–Crippen LogP) is 0.976. The van der Waals surface area contributed by atoms with Crippen molar-refractivity contribution in [2.75, 3.05) is 18.5 Å². The zero-order valence-corrected chi connectivity index (χ0v) is 9.14. The standard InChI is InChI=1S/C11H15N3O2/c1-2-16-10(15)8-13-11(12)14-9-6-4-3-5-7-9/h3-7H,2,8H2,1H3,(H3,12,13,14). The van der Waals surface area contributed by atoms with Crippen LogP contribution in [0.2, 0.25) is 0 Å². The van der Waals surface area contributed by atoms with Gasteiger partial charge >= 0.3 is 5.97 Å². The monoisotopic (exact) mass is 221 g/mol. The molecule has 3 N–H and O–H groups in total. The van der Waals surface area contributed by atoms with Gasteiger partial charge in [-0.05, 0) is 19.1 Å². The molecule has 86 valence electrons. The predicted molar refractivity (Wildman–Crippen MR) is 63.2 cm³/mol. The maximum absolute atomic E-state index is 11.0. The fraction of sp³-hybridized carbons (Fsp3) is 0.273. The number of nitrogens with zero attached hydrogens (tertiary/aromatic N) is 1. The van der Waals surface area contributed by atoms with Crippen molar-refractivity contribution in [1.82, 2.24) is 0 Å². The topological polar surface area (TPSA) is 76.7 Å². The third-order valence-electron chi connectivity index (χ3n) is 1.73. The number of hydrogen-bond acceptors (Lipinski definition) is 3. The van der Waals surface area contributed by atoms with Crippen molar-refractivity contribution in [3.8, 4) is 0 Å². The zero-order chi connectivity index (χ0) is 11.8. The molecule has 5 nitrogen and oxygen atoms in total. The van der Waals surface area contributed by atoms with E-state index in [0.717, 1.165) is 5.69 Å². The lowest BCUT2D eigenvalue weighted by molar-refractivity contribution is -0.141. The van der Waals surface area contributed by atoms with E-state index >= 15 is 0 Å². The summed E-state index contributed by atoms with van der Waals surface area (Å²) in [4.78, 5) is 14.8. The number of anilines is 1. The minimum atomic E-state index is -0.389. The molecule has 0 aromatic heterocycles. The molecule has 0 atom stereocenters. The molecule has 0 aliphatic heterocycles. The second-order valence-electron chi connectivity index (χ2n) is 3.00. The molecule has 16 heavy (non-hydrogen) atoms. The minimum absolute atomic E-state index is 0.0699. The first kappa shape index (κ1) is 12.0. The van der Waals surface area contributed by atoms with E-state index in [1.807, 2.05) is 30.3 Å². The normalized spacial score (nSPS) is 10.9. The highest BCUT2D eigenvalue weighted by molar-refractivity contribution is 5.93. The number of ether oxygens (including phenoxy) is 1. The number of carbonyl (C=O) groups is 1. The Labute approximate surface area is 94.3 Å².